The van der Waals surface area contributed by atoms with Crippen LogP contribution in [0.15, 0.2) is 30.6 Å². The Kier molecular flexibility index (Phi) is 6.85. The smallest absolute Gasteiger partial charge is 0.407 e. The summed E-state index contributed by atoms with van der Waals surface area (Å²) in [7, 11) is 1.92. The second kappa shape index (κ2) is 10.5. The number of ether oxygens (including phenoxy) is 1. The van der Waals surface area contributed by atoms with Gasteiger partial charge in [-0.3, -0.25) is 0 Å². The standard InChI is InChI=1S/C26H27F2N7O3S/c1-33(16-5-7-34(8-6-16)26(36)37)25-30-24-22(39-25)12-21(31-32-24)18-11-19(27)17(10-20(18)28)15-13-29-35(14-15)23-4-2-3-9-38-23/h10-14,16,23H,2-9H2,1H3,(H,36,37). The summed E-state index contributed by atoms with van der Waals surface area (Å²) < 4.78 is 38.6. The van der Waals surface area contributed by atoms with Crippen molar-refractivity contribution in [2.75, 3.05) is 31.6 Å². The van der Waals surface area contributed by atoms with Gasteiger partial charge >= 0.3 is 6.09 Å². The highest BCUT2D eigenvalue weighted by Crippen LogP contribution is 2.35. The Morgan fingerprint density at radius 1 is 1.10 bits per heavy atom. The van der Waals surface area contributed by atoms with Crippen molar-refractivity contribution in [1.29, 1.82) is 0 Å². The van der Waals surface area contributed by atoms with Gasteiger partial charge < -0.3 is 19.6 Å². The molecule has 1 N–H and O–H groups in total. The van der Waals surface area contributed by atoms with Crippen molar-refractivity contribution in [2.45, 2.75) is 44.4 Å². The van der Waals surface area contributed by atoms with Crippen LogP contribution in [0.4, 0.5) is 18.7 Å². The van der Waals surface area contributed by atoms with Gasteiger partial charge in [0.25, 0.3) is 0 Å². The highest BCUT2D eigenvalue weighted by atomic mass is 32.1. The summed E-state index contributed by atoms with van der Waals surface area (Å²) in [6.07, 6.45) is 6.36. The molecule has 0 saturated carbocycles. The third-order valence-electron chi connectivity index (χ3n) is 7.42. The molecular weight excluding hydrogens is 528 g/mol. The number of aromatic nitrogens is 5. The van der Waals surface area contributed by atoms with Crippen molar-refractivity contribution < 1.29 is 23.4 Å². The van der Waals surface area contributed by atoms with E-state index in [1.807, 2.05) is 11.9 Å². The molecule has 1 atom stereocenters. The number of likely N-dealkylation sites (tertiary alicyclic amines) is 1. The first-order chi connectivity index (χ1) is 18.9. The topological polar surface area (TPSA) is 110 Å². The number of fused-ring (bicyclic) bond motifs is 1. The molecule has 1 aromatic carbocycles. The average Bonchev–Trinajstić information content (AvgIpc) is 3.61. The Hall–Kier alpha value is -3.71. The molecule has 13 heteroatoms. The lowest BCUT2D eigenvalue weighted by atomic mass is 10.0. The summed E-state index contributed by atoms with van der Waals surface area (Å²) in [4.78, 5) is 19.2. The molecule has 2 aliphatic rings. The Morgan fingerprint density at radius 3 is 2.62 bits per heavy atom. The lowest BCUT2D eigenvalue weighted by molar-refractivity contribution is -0.0394. The number of amides is 1. The maximum atomic E-state index is 15.3. The van der Waals surface area contributed by atoms with Crippen LogP contribution in [0.3, 0.4) is 0 Å². The van der Waals surface area contributed by atoms with Gasteiger partial charge in [-0.05, 0) is 50.3 Å². The monoisotopic (exact) mass is 555 g/mol. The van der Waals surface area contributed by atoms with Crippen molar-refractivity contribution in [3.8, 4) is 22.4 Å². The van der Waals surface area contributed by atoms with Gasteiger partial charge in [-0.1, -0.05) is 11.3 Å². The molecule has 204 valence electrons. The largest absolute Gasteiger partial charge is 0.465 e. The highest BCUT2D eigenvalue weighted by Gasteiger charge is 2.27. The molecular formula is C26H27F2N7O3S. The molecule has 39 heavy (non-hydrogen) atoms. The molecule has 0 spiro atoms. The fourth-order valence-electron chi connectivity index (χ4n) is 5.15. The Labute approximate surface area is 226 Å². The number of anilines is 1. The van der Waals surface area contributed by atoms with Gasteiger partial charge in [0.05, 0.1) is 16.6 Å². The number of rotatable bonds is 5. The number of hydrogen-bond donors (Lipinski definition) is 1. The van der Waals surface area contributed by atoms with Crippen LogP contribution in [0.1, 0.15) is 38.3 Å². The first-order valence-corrected chi connectivity index (χ1v) is 13.7. The molecule has 6 rings (SSSR count). The molecule has 10 nitrogen and oxygen atoms in total. The second-order valence-corrected chi connectivity index (χ2v) is 10.9. The van der Waals surface area contributed by atoms with Gasteiger partial charge in [0.1, 0.15) is 17.9 Å². The fourth-order valence-corrected chi connectivity index (χ4v) is 6.12. The SMILES string of the molecule is CN(c1nc2nnc(-c3cc(F)c(-c4cnn(C5CCCCO5)c4)cc3F)cc2s1)C1CCN(C(=O)O)CC1. The number of thiazole rings is 1. The van der Waals surface area contributed by atoms with E-state index in [0.29, 0.717) is 53.6 Å². The van der Waals surface area contributed by atoms with E-state index in [0.717, 1.165) is 31.4 Å². The van der Waals surface area contributed by atoms with Gasteiger partial charge in [0.2, 0.25) is 0 Å². The van der Waals surface area contributed by atoms with Gasteiger partial charge in [0, 0.05) is 55.7 Å². The van der Waals surface area contributed by atoms with E-state index in [9.17, 15) is 9.90 Å². The van der Waals surface area contributed by atoms with Crippen LogP contribution in [-0.2, 0) is 4.74 Å². The first kappa shape index (κ1) is 25.6. The minimum Gasteiger partial charge on any atom is -0.465 e. The van der Waals surface area contributed by atoms with Gasteiger partial charge in [-0.15, -0.1) is 10.2 Å². The summed E-state index contributed by atoms with van der Waals surface area (Å²) in [5, 5.41) is 22.5. The lowest BCUT2D eigenvalue weighted by Gasteiger charge is -2.35. The lowest BCUT2D eigenvalue weighted by Crippen LogP contribution is -2.45. The van der Waals surface area contributed by atoms with Crippen LogP contribution in [0.2, 0.25) is 0 Å². The zero-order valence-electron chi connectivity index (χ0n) is 21.3. The van der Waals surface area contributed by atoms with Crippen LogP contribution in [0.5, 0.6) is 0 Å². The van der Waals surface area contributed by atoms with E-state index in [1.54, 1.807) is 16.9 Å². The predicted octanol–water partition coefficient (Wildman–Crippen LogP) is 5.17. The molecule has 3 aromatic heterocycles. The van der Waals surface area contributed by atoms with Crippen molar-refractivity contribution in [3.63, 3.8) is 0 Å². The zero-order chi connectivity index (χ0) is 27.1. The van der Waals surface area contributed by atoms with E-state index in [-0.39, 0.29) is 29.1 Å². The Morgan fingerprint density at radius 2 is 1.87 bits per heavy atom. The van der Waals surface area contributed by atoms with Crippen LogP contribution in [-0.4, -0.2) is 73.8 Å². The van der Waals surface area contributed by atoms with Crippen molar-refractivity contribution in [3.05, 3.63) is 42.2 Å². The molecule has 1 amide bonds. The maximum Gasteiger partial charge on any atom is 0.407 e. The fraction of sp³-hybridized carbons (Fsp3) is 0.423. The van der Waals surface area contributed by atoms with Crippen LogP contribution in [0.25, 0.3) is 32.7 Å². The molecule has 0 radical (unpaired) electrons. The molecule has 1 unspecified atom stereocenters. The average molecular weight is 556 g/mol. The van der Waals surface area contributed by atoms with Crippen molar-refractivity contribution in [1.82, 2.24) is 29.9 Å². The molecule has 2 fully saturated rings. The Bertz CT molecular complexity index is 1510. The number of nitrogens with zero attached hydrogens (tertiary/aromatic N) is 7. The van der Waals surface area contributed by atoms with Crippen LogP contribution in [0, 0.1) is 11.6 Å². The molecule has 4 aromatic rings. The zero-order valence-corrected chi connectivity index (χ0v) is 22.1. The molecule has 2 aliphatic heterocycles. The van der Waals surface area contributed by atoms with Crippen LogP contribution >= 0.6 is 11.3 Å². The number of halogens is 2. The molecule has 0 aliphatic carbocycles. The first-order valence-electron chi connectivity index (χ1n) is 12.9. The molecule has 5 heterocycles. The maximum absolute atomic E-state index is 15.3. The number of carboxylic acid groups (broad SMARTS) is 1. The van der Waals surface area contributed by atoms with E-state index < -0.39 is 17.7 Å². The number of hydrogen-bond acceptors (Lipinski definition) is 8. The highest BCUT2D eigenvalue weighted by molar-refractivity contribution is 7.22. The molecule has 2 saturated heterocycles. The van der Waals surface area contributed by atoms with Gasteiger partial charge in [0.15, 0.2) is 10.8 Å². The third kappa shape index (κ3) is 5.03. The van der Waals surface area contributed by atoms with E-state index in [2.05, 4.69) is 20.3 Å². The summed E-state index contributed by atoms with van der Waals surface area (Å²) in [6, 6.07) is 4.11. The third-order valence-corrected chi connectivity index (χ3v) is 8.51. The van der Waals surface area contributed by atoms with Crippen molar-refractivity contribution >= 4 is 32.9 Å². The van der Waals surface area contributed by atoms with E-state index >= 15 is 8.78 Å². The van der Waals surface area contributed by atoms with Crippen molar-refractivity contribution in [2.24, 2.45) is 0 Å². The van der Waals surface area contributed by atoms with Crippen LogP contribution < -0.4 is 4.90 Å². The Balaban J connectivity index is 1.23. The normalized spacial score (nSPS) is 18.5. The van der Waals surface area contributed by atoms with E-state index in [1.165, 1.54) is 22.4 Å². The second-order valence-electron chi connectivity index (χ2n) is 9.87. The minimum atomic E-state index is -0.903. The number of piperidine rings is 1. The number of benzene rings is 1. The summed E-state index contributed by atoms with van der Waals surface area (Å²) in [5.41, 5.74) is 1.23. The predicted molar refractivity (Wildman–Crippen MR) is 142 cm³/mol. The number of carbonyl (C=O) groups is 1. The summed E-state index contributed by atoms with van der Waals surface area (Å²) >= 11 is 1.38. The van der Waals surface area contributed by atoms with Gasteiger partial charge in [-0.25, -0.2) is 18.3 Å². The summed E-state index contributed by atoms with van der Waals surface area (Å²) in [6.45, 7) is 1.59. The minimum absolute atomic E-state index is 0.0120. The quantitative estimate of drug-likeness (QED) is 0.359. The molecule has 0 bridgehead atoms. The van der Waals surface area contributed by atoms with E-state index in [4.69, 9.17) is 4.74 Å². The van der Waals surface area contributed by atoms with Gasteiger partial charge in [-0.2, -0.15) is 10.1 Å². The summed E-state index contributed by atoms with van der Waals surface area (Å²) in [5.74, 6) is -1.20.